The lowest BCUT2D eigenvalue weighted by atomic mass is 10.1. The van der Waals surface area contributed by atoms with E-state index in [2.05, 4.69) is 16.6 Å². The number of carbonyl (C=O) groups excluding carboxylic acids is 1. The van der Waals surface area contributed by atoms with E-state index in [4.69, 9.17) is 11.6 Å². The SMILES string of the molecule is C=C(C)c1c(Cl)ccc2c1=NC(=O)N=2. The van der Waals surface area contributed by atoms with Gasteiger partial charge in [0.05, 0.1) is 10.4 Å². The zero-order chi connectivity index (χ0) is 10.3. The van der Waals surface area contributed by atoms with Gasteiger partial charge in [0.25, 0.3) is 0 Å². The predicted molar refractivity (Wildman–Crippen MR) is 53.9 cm³/mol. The summed E-state index contributed by atoms with van der Waals surface area (Å²) in [6.45, 7) is 5.61. The summed E-state index contributed by atoms with van der Waals surface area (Å²) in [6.07, 6.45) is 0. The fourth-order valence-electron chi connectivity index (χ4n) is 1.39. The summed E-state index contributed by atoms with van der Waals surface area (Å²) < 4.78 is 0. The molecule has 0 spiro atoms. The van der Waals surface area contributed by atoms with Crippen molar-refractivity contribution in [3.05, 3.63) is 40.0 Å². The Bertz CT molecular complexity index is 560. The van der Waals surface area contributed by atoms with E-state index >= 15 is 0 Å². The topological polar surface area (TPSA) is 41.8 Å². The molecule has 2 rings (SSSR count). The molecular formula is C10H7ClN2O. The number of urea groups is 1. The minimum atomic E-state index is -0.482. The molecule has 0 radical (unpaired) electrons. The maximum Gasteiger partial charge on any atom is 0.368 e. The van der Waals surface area contributed by atoms with Crippen LogP contribution in [0.2, 0.25) is 5.02 Å². The van der Waals surface area contributed by atoms with Gasteiger partial charge in [0.15, 0.2) is 0 Å². The van der Waals surface area contributed by atoms with Gasteiger partial charge in [0, 0.05) is 5.56 Å². The zero-order valence-corrected chi connectivity index (χ0v) is 8.30. The molecule has 4 heteroatoms. The molecule has 1 aliphatic heterocycles. The van der Waals surface area contributed by atoms with Gasteiger partial charge in [-0.2, -0.15) is 9.98 Å². The van der Waals surface area contributed by atoms with E-state index in [0.717, 1.165) is 5.57 Å². The minimum absolute atomic E-state index is 0.482. The molecule has 0 bridgehead atoms. The van der Waals surface area contributed by atoms with Gasteiger partial charge in [0.1, 0.15) is 5.36 Å². The second kappa shape index (κ2) is 3.03. The summed E-state index contributed by atoms with van der Waals surface area (Å²) in [5, 5.41) is 1.65. The van der Waals surface area contributed by atoms with Crippen molar-refractivity contribution in [3.8, 4) is 0 Å². The third kappa shape index (κ3) is 1.26. The normalized spacial score (nSPS) is 13.1. The van der Waals surface area contributed by atoms with E-state index in [1.807, 2.05) is 6.92 Å². The van der Waals surface area contributed by atoms with E-state index in [1.54, 1.807) is 12.1 Å². The first-order valence-electron chi connectivity index (χ1n) is 4.05. The van der Waals surface area contributed by atoms with Crippen molar-refractivity contribution in [1.29, 1.82) is 0 Å². The maximum absolute atomic E-state index is 11.0. The number of halogens is 1. The van der Waals surface area contributed by atoms with Crippen LogP contribution in [0.5, 0.6) is 0 Å². The lowest BCUT2D eigenvalue weighted by molar-refractivity contribution is 0.256. The number of fused-ring (bicyclic) bond motifs is 1. The highest BCUT2D eigenvalue weighted by Gasteiger charge is 2.12. The second-order valence-corrected chi connectivity index (χ2v) is 3.48. The van der Waals surface area contributed by atoms with Gasteiger partial charge in [-0.15, -0.1) is 0 Å². The molecule has 0 unspecified atom stereocenters. The minimum Gasteiger partial charge on any atom is -0.244 e. The Morgan fingerprint density at radius 1 is 1.43 bits per heavy atom. The summed E-state index contributed by atoms with van der Waals surface area (Å²) in [5.74, 6) is 0. The molecule has 3 nitrogen and oxygen atoms in total. The number of amides is 2. The van der Waals surface area contributed by atoms with Crippen LogP contribution >= 0.6 is 11.6 Å². The number of allylic oxidation sites excluding steroid dienone is 1. The monoisotopic (exact) mass is 206 g/mol. The number of rotatable bonds is 1. The van der Waals surface area contributed by atoms with Gasteiger partial charge in [-0.1, -0.05) is 18.2 Å². The number of nitrogens with zero attached hydrogens (tertiary/aromatic N) is 2. The average molecular weight is 207 g/mol. The molecular weight excluding hydrogens is 200 g/mol. The molecule has 70 valence electrons. The Labute approximate surface area is 85.5 Å². The molecule has 0 aromatic heterocycles. The molecule has 1 aromatic carbocycles. The largest absolute Gasteiger partial charge is 0.368 e. The molecule has 1 heterocycles. The smallest absolute Gasteiger partial charge is 0.244 e. The number of hydrogen-bond acceptors (Lipinski definition) is 1. The predicted octanol–water partition coefficient (Wildman–Crippen LogP) is 1.75. The van der Waals surface area contributed by atoms with Gasteiger partial charge >= 0.3 is 6.03 Å². The van der Waals surface area contributed by atoms with Crippen molar-refractivity contribution < 1.29 is 4.79 Å². The van der Waals surface area contributed by atoms with Gasteiger partial charge in [-0.25, -0.2) is 4.79 Å². The Kier molecular flexibility index (Phi) is 1.97. The fourth-order valence-corrected chi connectivity index (χ4v) is 1.70. The molecule has 0 saturated heterocycles. The van der Waals surface area contributed by atoms with Crippen molar-refractivity contribution in [1.82, 2.24) is 0 Å². The molecule has 0 saturated carbocycles. The van der Waals surface area contributed by atoms with Gasteiger partial charge < -0.3 is 0 Å². The standard InChI is InChI=1S/C10H7ClN2O/c1-5(2)8-6(11)3-4-7-9(8)13-10(14)12-7/h3-4H,1H2,2H3. The molecule has 0 atom stereocenters. The lowest BCUT2D eigenvalue weighted by Gasteiger charge is -2.01. The van der Waals surface area contributed by atoms with E-state index in [1.165, 1.54) is 0 Å². The van der Waals surface area contributed by atoms with E-state index in [0.29, 0.717) is 21.3 Å². The molecule has 14 heavy (non-hydrogen) atoms. The molecule has 1 aromatic rings. The Morgan fingerprint density at radius 2 is 2.14 bits per heavy atom. The van der Waals surface area contributed by atoms with E-state index < -0.39 is 6.03 Å². The van der Waals surface area contributed by atoms with Crippen LogP contribution < -0.4 is 10.7 Å². The number of hydrogen-bond donors (Lipinski definition) is 0. The van der Waals surface area contributed by atoms with Crippen LogP contribution in [0.15, 0.2) is 28.7 Å². The first kappa shape index (κ1) is 9.09. The quantitative estimate of drug-likeness (QED) is 0.690. The third-order valence-corrected chi connectivity index (χ3v) is 2.27. The lowest BCUT2D eigenvalue weighted by Crippen LogP contribution is -2.25. The highest BCUT2D eigenvalue weighted by atomic mass is 35.5. The molecule has 1 aliphatic rings. The number of carbonyl (C=O) groups is 1. The van der Waals surface area contributed by atoms with Crippen molar-refractivity contribution in [2.24, 2.45) is 9.98 Å². The highest BCUT2D eigenvalue weighted by Crippen LogP contribution is 2.17. The molecule has 0 aliphatic carbocycles. The third-order valence-electron chi connectivity index (χ3n) is 1.96. The fraction of sp³-hybridized carbons (Fsp3) is 0.100. The molecule has 2 amide bonds. The summed E-state index contributed by atoms with van der Waals surface area (Å²) in [6, 6.07) is 2.89. The van der Waals surface area contributed by atoms with Crippen LogP contribution in [0.1, 0.15) is 12.5 Å². The second-order valence-electron chi connectivity index (χ2n) is 3.08. The summed E-state index contributed by atoms with van der Waals surface area (Å²) in [5.41, 5.74) is 1.49. The van der Waals surface area contributed by atoms with Crippen molar-refractivity contribution in [2.75, 3.05) is 0 Å². The molecule has 0 fully saturated rings. The maximum atomic E-state index is 11.0. The summed E-state index contributed by atoms with van der Waals surface area (Å²) in [4.78, 5) is 18.5. The first-order chi connectivity index (χ1) is 6.59. The van der Waals surface area contributed by atoms with Crippen LogP contribution in [0.4, 0.5) is 4.79 Å². The first-order valence-corrected chi connectivity index (χ1v) is 4.43. The van der Waals surface area contributed by atoms with Crippen LogP contribution in [0, 0.1) is 0 Å². The molecule has 0 N–H and O–H groups in total. The van der Waals surface area contributed by atoms with Crippen LogP contribution in [-0.4, -0.2) is 6.03 Å². The Balaban J connectivity index is 2.94. The van der Waals surface area contributed by atoms with E-state index in [9.17, 15) is 4.79 Å². The van der Waals surface area contributed by atoms with Gasteiger partial charge in [-0.3, -0.25) is 0 Å². The Morgan fingerprint density at radius 3 is 2.79 bits per heavy atom. The number of benzene rings is 1. The zero-order valence-electron chi connectivity index (χ0n) is 7.54. The van der Waals surface area contributed by atoms with Crippen LogP contribution in [0.3, 0.4) is 0 Å². The Hall–Kier alpha value is -1.48. The van der Waals surface area contributed by atoms with Crippen molar-refractivity contribution >= 4 is 23.2 Å². The highest BCUT2D eigenvalue weighted by molar-refractivity contribution is 6.32. The van der Waals surface area contributed by atoms with E-state index in [-0.39, 0.29) is 0 Å². The van der Waals surface area contributed by atoms with Crippen molar-refractivity contribution in [3.63, 3.8) is 0 Å². The van der Waals surface area contributed by atoms with Crippen LogP contribution in [0.25, 0.3) is 5.57 Å². The summed E-state index contributed by atoms with van der Waals surface area (Å²) in [7, 11) is 0. The van der Waals surface area contributed by atoms with Crippen LogP contribution in [-0.2, 0) is 0 Å². The van der Waals surface area contributed by atoms with Gasteiger partial charge in [-0.05, 0) is 24.6 Å². The summed E-state index contributed by atoms with van der Waals surface area (Å²) >= 11 is 5.98. The van der Waals surface area contributed by atoms with Crippen molar-refractivity contribution in [2.45, 2.75) is 6.92 Å². The average Bonchev–Trinajstić information content (AvgIpc) is 2.43. The van der Waals surface area contributed by atoms with Gasteiger partial charge in [0.2, 0.25) is 0 Å².